The van der Waals surface area contributed by atoms with Crippen molar-refractivity contribution in [3.63, 3.8) is 0 Å². The first-order valence-corrected chi connectivity index (χ1v) is 3.83. The van der Waals surface area contributed by atoms with E-state index < -0.39 is 0 Å². The van der Waals surface area contributed by atoms with Crippen molar-refractivity contribution >= 4 is 16.9 Å². The molecule has 4 heteroatoms. The molecular formula is C8H13ClN2O. The molecule has 0 N–H and O–H groups in total. The minimum absolute atomic E-state index is 0.251. The first-order chi connectivity index (χ1) is 5.61. The lowest BCUT2D eigenvalue weighted by molar-refractivity contribution is -0.0388. The highest BCUT2D eigenvalue weighted by Crippen LogP contribution is 2.01. The maximum Gasteiger partial charge on any atom is 0.223 e. The number of halogens is 1. The van der Waals surface area contributed by atoms with Crippen LogP contribution < -0.4 is 0 Å². The van der Waals surface area contributed by atoms with E-state index in [4.69, 9.17) is 16.4 Å². The first kappa shape index (κ1) is 11.2. The minimum Gasteiger partial charge on any atom is -0.275 e. The van der Waals surface area contributed by atoms with Crippen LogP contribution in [-0.4, -0.2) is 24.5 Å². The van der Waals surface area contributed by atoms with E-state index in [9.17, 15) is 0 Å². The average Bonchev–Trinajstić information content (AvgIpc) is 2.03. The van der Waals surface area contributed by atoms with Gasteiger partial charge in [0.1, 0.15) is 0 Å². The van der Waals surface area contributed by atoms with Crippen LogP contribution in [0.15, 0.2) is 29.4 Å². The monoisotopic (exact) mass is 188 g/mol. The van der Waals surface area contributed by atoms with Gasteiger partial charge in [-0.2, -0.15) is 0 Å². The molecule has 0 aliphatic heterocycles. The summed E-state index contributed by atoms with van der Waals surface area (Å²) in [6.45, 7) is 5.54. The number of hydrogen-bond donors (Lipinski definition) is 0. The van der Waals surface area contributed by atoms with E-state index in [1.165, 1.54) is 12.2 Å². The molecule has 0 radical (unpaired) electrons. The van der Waals surface area contributed by atoms with Gasteiger partial charge in [-0.3, -0.25) is 4.84 Å². The summed E-state index contributed by atoms with van der Waals surface area (Å²) in [4.78, 5) is 8.74. The third-order valence-corrected chi connectivity index (χ3v) is 1.45. The lowest BCUT2D eigenvalue weighted by Crippen LogP contribution is -2.20. The van der Waals surface area contributed by atoms with Gasteiger partial charge in [-0.15, -0.1) is 0 Å². The fraction of sp³-hybridized carbons (Fsp3) is 0.375. The number of allylic oxidation sites excluding steroid dienone is 2. The van der Waals surface area contributed by atoms with Crippen LogP contribution in [0, 0.1) is 0 Å². The number of nitrogens with zero attached hydrogens (tertiary/aromatic N) is 2. The molecule has 0 saturated heterocycles. The fourth-order valence-corrected chi connectivity index (χ4v) is 0.671. The summed E-state index contributed by atoms with van der Waals surface area (Å²) in [5.41, 5.74) is 0.589. The summed E-state index contributed by atoms with van der Waals surface area (Å²) >= 11 is 5.72. The van der Waals surface area contributed by atoms with Gasteiger partial charge in [0.05, 0.1) is 12.8 Å². The normalized spacial score (nSPS) is 12.2. The fourth-order valence-electron chi connectivity index (χ4n) is 0.494. The average molecular weight is 189 g/mol. The van der Waals surface area contributed by atoms with Gasteiger partial charge in [0.2, 0.25) is 5.29 Å². The van der Waals surface area contributed by atoms with E-state index >= 15 is 0 Å². The standard InChI is InChI=1S/C8H13ClN2O/c1-5-6-7(2)10-8(9)11(3)12-4/h5-6H,2H2,1,3-4H3/b6-5-,10-8?. The summed E-state index contributed by atoms with van der Waals surface area (Å²) in [6.07, 6.45) is 3.59. The Bertz CT molecular complexity index is 211. The van der Waals surface area contributed by atoms with Crippen LogP contribution in [0.5, 0.6) is 0 Å². The van der Waals surface area contributed by atoms with E-state index in [1.807, 2.05) is 13.0 Å². The smallest absolute Gasteiger partial charge is 0.223 e. The predicted molar refractivity (Wildman–Crippen MR) is 52.0 cm³/mol. The second-order valence-corrected chi connectivity index (χ2v) is 2.39. The summed E-state index contributed by atoms with van der Waals surface area (Å²) < 4.78 is 0. The molecule has 68 valence electrons. The molecule has 0 saturated carbocycles. The van der Waals surface area contributed by atoms with Crippen molar-refractivity contribution in [1.29, 1.82) is 0 Å². The van der Waals surface area contributed by atoms with Crippen molar-refractivity contribution < 1.29 is 4.84 Å². The molecular weight excluding hydrogens is 176 g/mol. The Hall–Kier alpha value is -0.800. The molecule has 0 aromatic rings. The Morgan fingerprint density at radius 3 is 2.67 bits per heavy atom. The summed E-state index contributed by atoms with van der Waals surface area (Å²) in [7, 11) is 3.17. The highest BCUT2D eigenvalue weighted by Gasteiger charge is 1.99. The van der Waals surface area contributed by atoms with E-state index in [-0.39, 0.29) is 5.29 Å². The lowest BCUT2D eigenvalue weighted by Gasteiger charge is -2.12. The Morgan fingerprint density at radius 1 is 1.67 bits per heavy atom. The van der Waals surface area contributed by atoms with Crippen molar-refractivity contribution in [3.8, 4) is 0 Å². The van der Waals surface area contributed by atoms with Crippen LogP contribution >= 0.6 is 11.6 Å². The molecule has 0 amide bonds. The third kappa shape index (κ3) is 4.16. The van der Waals surface area contributed by atoms with Gasteiger partial charge < -0.3 is 0 Å². The molecule has 0 unspecified atom stereocenters. The number of aliphatic imine (C=N–C) groups is 1. The third-order valence-electron chi connectivity index (χ3n) is 1.13. The van der Waals surface area contributed by atoms with Crippen molar-refractivity contribution in [2.45, 2.75) is 6.92 Å². The molecule has 0 aromatic carbocycles. The van der Waals surface area contributed by atoms with Gasteiger partial charge in [-0.1, -0.05) is 12.7 Å². The molecule has 0 rings (SSSR count). The van der Waals surface area contributed by atoms with E-state index in [0.717, 1.165) is 0 Å². The van der Waals surface area contributed by atoms with Crippen molar-refractivity contribution in [2.75, 3.05) is 14.2 Å². The largest absolute Gasteiger partial charge is 0.275 e. The number of rotatable bonds is 3. The van der Waals surface area contributed by atoms with E-state index in [0.29, 0.717) is 5.70 Å². The maximum absolute atomic E-state index is 5.72. The van der Waals surface area contributed by atoms with Crippen LogP contribution in [0.3, 0.4) is 0 Å². The van der Waals surface area contributed by atoms with Crippen molar-refractivity contribution in [2.24, 2.45) is 4.99 Å². The van der Waals surface area contributed by atoms with Gasteiger partial charge in [0.15, 0.2) is 0 Å². The topological polar surface area (TPSA) is 24.8 Å². The number of hydrogen-bond acceptors (Lipinski definition) is 2. The van der Waals surface area contributed by atoms with Crippen LogP contribution in [-0.2, 0) is 4.84 Å². The lowest BCUT2D eigenvalue weighted by atomic mass is 10.4. The molecule has 3 nitrogen and oxygen atoms in total. The summed E-state index contributed by atoms with van der Waals surface area (Å²) in [6, 6.07) is 0. The van der Waals surface area contributed by atoms with E-state index in [2.05, 4.69) is 11.6 Å². The Balaban J connectivity index is 4.24. The Kier molecular flexibility index (Phi) is 5.41. The molecule has 0 spiro atoms. The summed E-state index contributed by atoms with van der Waals surface area (Å²) in [5.74, 6) is 0. The Labute approximate surface area is 77.9 Å². The molecule has 0 atom stereocenters. The van der Waals surface area contributed by atoms with Crippen LogP contribution in [0.4, 0.5) is 0 Å². The second-order valence-electron chi connectivity index (χ2n) is 2.05. The molecule has 0 heterocycles. The molecule has 12 heavy (non-hydrogen) atoms. The zero-order valence-corrected chi connectivity index (χ0v) is 8.30. The molecule has 0 aliphatic carbocycles. The SMILES string of the molecule is C=C(/C=C\C)N=C(Cl)N(C)OC. The van der Waals surface area contributed by atoms with Gasteiger partial charge in [-0.25, -0.2) is 10.1 Å². The van der Waals surface area contributed by atoms with Gasteiger partial charge in [-0.05, 0) is 24.6 Å². The highest BCUT2D eigenvalue weighted by atomic mass is 35.5. The first-order valence-electron chi connectivity index (χ1n) is 3.45. The second kappa shape index (κ2) is 5.80. The maximum atomic E-state index is 5.72. The zero-order valence-electron chi connectivity index (χ0n) is 7.54. The molecule has 0 aliphatic rings. The molecule has 0 aromatic heterocycles. The van der Waals surface area contributed by atoms with Crippen LogP contribution in [0.2, 0.25) is 0 Å². The van der Waals surface area contributed by atoms with Crippen LogP contribution in [0.1, 0.15) is 6.92 Å². The number of hydroxylamine groups is 2. The summed E-state index contributed by atoms with van der Waals surface area (Å²) in [5, 5.41) is 1.59. The van der Waals surface area contributed by atoms with E-state index in [1.54, 1.807) is 13.1 Å². The van der Waals surface area contributed by atoms with Crippen molar-refractivity contribution in [1.82, 2.24) is 5.06 Å². The predicted octanol–water partition coefficient (Wildman–Crippen LogP) is 2.16. The molecule has 0 bridgehead atoms. The minimum atomic E-state index is 0.251. The Morgan fingerprint density at radius 2 is 2.25 bits per heavy atom. The quantitative estimate of drug-likeness (QED) is 0.223. The highest BCUT2D eigenvalue weighted by molar-refractivity contribution is 6.64. The van der Waals surface area contributed by atoms with Gasteiger partial charge >= 0.3 is 0 Å². The van der Waals surface area contributed by atoms with Crippen molar-refractivity contribution in [3.05, 3.63) is 24.4 Å². The van der Waals surface area contributed by atoms with Gasteiger partial charge in [0, 0.05) is 7.05 Å². The van der Waals surface area contributed by atoms with Gasteiger partial charge in [0.25, 0.3) is 0 Å². The molecule has 0 fully saturated rings. The zero-order chi connectivity index (χ0) is 9.56. The number of amidine groups is 1. The van der Waals surface area contributed by atoms with Crippen LogP contribution in [0.25, 0.3) is 0 Å².